The summed E-state index contributed by atoms with van der Waals surface area (Å²) in [5.74, 6) is 0.271. The van der Waals surface area contributed by atoms with Crippen molar-refractivity contribution in [3.63, 3.8) is 0 Å². The normalized spacial score (nSPS) is 18.0. The maximum Gasteiger partial charge on any atom is 0.341 e. The molecule has 1 fully saturated rings. The van der Waals surface area contributed by atoms with Gasteiger partial charge in [-0.2, -0.15) is 0 Å². The Labute approximate surface area is 209 Å². The molecule has 3 heterocycles. The first-order valence-corrected chi connectivity index (χ1v) is 12.4. The molecule has 0 bridgehead atoms. The van der Waals surface area contributed by atoms with Gasteiger partial charge in [0.1, 0.15) is 16.9 Å². The second-order valence-corrected chi connectivity index (χ2v) is 9.95. The molecule has 0 atom stereocenters. The van der Waals surface area contributed by atoms with Gasteiger partial charge < -0.3 is 9.52 Å². The molecule has 0 spiro atoms. The molecule has 4 aromatic rings. The number of aromatic nitrogens is 3. The number of furan rings is 1. The average molecular weight is 487 g/mol. The molecule has 1 aliphatic carbocycles. The quantitative estimate of drug-likeness (QED) is 0.362. The second kappa shape index (κ2) is 9.60. The number of benzene rings is 1. The summed E-state index contributed by atoms with van der Waals surface area (Å²) in [6.45, 7) is 6.00. The summed E-state index contributed by atoms with van der Waals surface area (Å²) in [4.78, 5) is 31.4. The van der Waals surface area contributed by atoms with Gasteiger partial charge in [0.05, 0.1) is 5.69 Å². The maximum atomic E-state index is 13.5. The monoisotopic (exact) mass is 486 g/mol. The van der Waals surface area contributed by atoms with E-state index in [9.17, 15) is 14.7 Å². The van der Waals surface area contributed by atoms with Gasteiger partial charge in [-0.05, 0) is 81.8 Å². The van der Waals surface area contributed by atoms with Crippen molar-refractivity contribution in [3.05, 3.63) is 60.6 Å². The summed E-state index contributed by atoms with van der Waals surface area (Å²) in [7, 11) is 0. The van der Waals surface area contributed by atoms with Crippen LogP contribution in [0.3, 0.4) is 0 Å². The number of hydrogen-bond acceptors (Lipinski definition) is 5. The van der Waals surface area contributed by atoms with Gasteiger partial charge in [-0.1, -0.05) is 6.92 Å². The fourth-order valence-corrected chi connectivity index (χ4v) is 4.94. The third-order valence-corrected chi connectivity index (χ3v) is 7.01. The van der Waals surface area contributed by atoms with E-state index >= 15 is 0 Å². The molecule has 1 aromatic carbocycles. The average Bonchev–Trinajstić information content (AvgIpc) is 3.49. The Balaban J connectivity index is 1.46. The number of carbonyl (C=O) groups excluding carboxylic acids is 1. The van der Waals surface area contributed by atoms with Gasteiger partial charge >= 0.3 is 5.97 Å². The van der Waals surface area contributed by atoms with Gasteiger partial charge in [0.2, 0.25) is 5.91 Å². The van der Waals surface area contributed by atoms with Crippen LogP contribution in [-0.2, 0) is 4.79 Å². The molecule has 0 radical (unpaired) electrons. The number of amides is 1. The summed E-state index contributed by atoms with van der Waals surface area (Å²) in [5, 5.41) is 15.5. The van der Waals surface area contributed by atoms with E-state index in [-0.39, 0.29) is 29.2 Å². The zero-order valence-electron chi connectivity index (χ0n) is 20.7. The van der Waals surface area contributed by atoms with Crippen LogP contribution in [0.4, 0.5) is 5.82 Å². The molecule has 0 saturated heterocycles. The minimum Gasteiger partial charge on any atom is -0.477 e. The highest BCUT2D eigenvalue weighted by Gasteiger charge is 2.34. The number of fused-ring (bicyclic) bond motifs is 1. The highest BCUT2D eigenvalue weighted by atomic mass is 16.4. The third kappa shape index (κ3) is 4.51. The van der Waals surface area contributed by atoms with E-state index in [1.54, 1.807) is 17.3 Å². The summed E-state index contributed by atoms with van der Waals surface area (Å²) in [6, 6.07) is 11.0. The number of rotatable bonds is 6. The highest BCUT2D eigenvalue weighted by Crippen LogP contribution is 2.33. The van der Waals surface area contributed by atoms with Gasteiger partial charge in [0.15, 0.2) is 5.82 Å². The molecule has 8 nitrogen and oxygen atoms in total. The van der Waals surface area contributed by atoms with Crippen molar-refractivity contribution in [1.82, 2.24) is 14.8 Å². The topological polar surface area (TPSA) is 101 Å². The molecule has 186 valence electrons. The number of pyridine rings is 1. The Kier molecular flexibility index (Phi) is 6.35. The first kappa shape index (κ1) is 23.8. The highest BCUT2D eigenvalue weighted by molar-refractivity contribution is 6.01. The van der Waals surface area contributed by atoms with E-state index < -0.39 is 5.97 Å². The summed E-state index contributed by atoms with van der Waals surface area (Å²) >= 11 is 0. The minimum absolute atomic E-state index is 0.00934. The van der Waals surface area contributed by atoms with Crippen LogP contribution >= 0.6 is 0 Å². The second-order valence-electron chi connectivity index (χ2n) is 9.95. The van der Waals surface area contributed by atoms with Crippen LogP contribution in [0.1, 0.15) is 56.8 Å². The number of anilines is 1. The Morgan fingerprint density at radius 3 is 2.47 bits per heavy atom. The van der Waals surface area contributed by atoms with Crippen LogP contribution in [0.25, 0.3) is 28.0 Å². The van der Waals surface area contributed by atoms with E-state index in [4.69, 9.17) is 4.42 Å². The number of nitrogens with zero attached hydrogens (tertiary/aromatic N) is 4. The molecule has 0 aliphatic heterocycles. The number of aromatic carboxylic acids is 1. The molecular weight excluding hydrogens is 456 g/mol. The lowest BCUT2D eigenvalue weighted by atomic mass is 9.82. The van der Waals surface area contributed by atoms with Crippen LogP contribution in [0.2, 0.25) is 0 Å². The van der Waals surface area contributed by atoms with Crippen molar-refractivity contribution in [1.29, 1.82) is 0 Å². The van der Waals surface area contributed by atoms with E-state index in [0.29, 0.717) is 11.6 Å². The van der Waals surface area contributed by atoms with Gasteiger partial charge in [0.25, 0.3) is 0 Å². The fraction of sp³-hybridized carbons (Fsp3) is 0.357. The SMILES string of the molecule is CC1CCC(C(=O)N(c2nn(-c3ccc(-c4cc5cnccc5o4)cc3)cc2C(=O)O)C(C)C)CC1. The van der Waals surface area contributed by atoms with Crippen LogP contribution in [0.15, 0.2) is 59.4 Å². The Morgan fingerprint density at radius 2 is 1.83 bits per heavy atom. The van der Waals surface area contributed by atoms with Crippen molar-refractivity contribution in [2.45, 2.75) is 52.5 Å². The lowest BCUT2D eigenvalue weighted by Gasteiger charge is -2.32. The molecule has 1 saturated carbocycles. The van der Waals surface area contributed by atoms with E-state index in [0.717, 1.165) is 48.0 Å². The zero-order chi connectivity index (χ0) is 25.4. The van der Waals surface area contributed by atoms with Crippen molar-refractivity contribution >= 4 is 28.7 Å². The minimum atomic E-state index is -1.11. The summed E-state index contributed by atoms with van der Waals surface area (Å²) in [6.07, 6.45) is 8.59. The molecule has 0 unspecified atom stereocenters. The first-order chi connectivity index (χ1) is 17.3. The third-order valence-electron chi connectivity index (χ3n) is 7.01. The van der Waals surface area contributed by atoms with Crippen LogP contribution in [0.5, 0.6) is 0 Å². The Morgan fingerprint density at radius 1 is 1.11 bits per heavy atom. The number of hydrogen-bond donors (Lipinski definition) is 1. The fourth-order valence-electron chi connectivity index (χ4n) is 4.94. The number of carboxylic acids is 1. The van der Waals surface area contributed by atoms with Crippen molar-refractivity contribution in [2.24, 2.45) is 11.8 Å². The lowest BCUT2D eigenvalue weighted by molar-refractivity contribution is -0.124. The molecule has 8 heteroatoms. The van der Waals surface area contributed by atoms with Crippen LogP contribution in [-0.4, -0.2) is 37.8 Å². The van der Waals surface area contributed by atoms with E-state index in [1.807, 2.05) is 50.2 Å². The van der Waals surface area contributed by atoms with Gasteiger partial charge in [0, 0.05) is 41.5 Å². The van der Waals surface area contributed by atoms with Crippen LogP contribution in [0, 0.1) is 11.8 Å². The molecule has 1 amide bonds. The molecule has 36 heavy (non-hydrogen) atoms. The standard InChI is InChI=1S/C28H30N4O4/c1-17(2)32(27(33)20-6-4-18(3)5-7-20)26-23(28(34)35)16-31(30-26)22-10-8-19(9-11-22)25-14-21-15-29-13-12-24(21)36-25/h8-18,20H,4-7H2,1-3H3,(H,34,35). The predicted octanol–water partition coefficient (Wildman–Crippen LogP) is 5.95. The summed E-state index contributed by atoms with van der Waals surface area (Å²) in [5.41, 5.74) is 2.34. The van der Waals surface area contributed by atoms with E-state index in [2.05, 4.69) is 17.0 Å². The summed E-state index contributed by atoms with van der Waals surface area (Å²) < 4.78 is 7.44. The molecule has 3 aromatic heterocycles. The molecule has 1 aliphatic rings. The molecule has 5 rings (SSSR count). The van der Waals surface area contributed by atoms with Crippen molar-refractivity contribution in [2.75, 3.05) is 4.90 Å². The van der Waals surface area contributed by atoms with Gasteiger partial charge in [-0.15, -0.1) is 5.10 Å². The van der Waals surface area contributed by atoms with Gasteiger partial charge in [-0.25, -0.2) is 9.48 Å². The van der Waals surface area contributed by atoms with Gasteiger partial charge in [-0.3, -0.25) is 14.7 Å². The maximum absolute atomic E-state index is 13.5. The Bertz CT molecular complexity index is 1360. The first-order valence-electron chi connectivity index (χ1n) is 12.4. The molecular formula is C28H30N4O4. The predicted molar refractivity (Wildman–Crippen MR) is 137 cm³/mol. The lowest BCUT2D eigenvalue weighted by Crippen LogP contribution is -2.43. The van der Waals surface area contributed by atoms with E-state index in [1.165, 1.54) is 10.9 Å². The zero-order valence-corrected chi connectivity index (χ0v) is 20.7. The molecule has 1 N–H and O–H groups in total. The number of carbonyl (C=O) groups is 2. The largest absolute Gasteiger partial charge is 0.477 e. The smallest absolute Gasteiger partial charge is 0.341 e. The van der Waals surface area contributed by atoms with Crippen LogP contribution < -0.4 is 4.90 Å². The van der Waals surface area contributed by atoms with Crippen molar-refractivity contribution in [3.8, 4) is 17.0 Å². The Hall–Kier alpha value is -3.94. The van der Waals surface area contributed by atoms with Crippen molar-refractivity contribution < 1.29 is 19.1 Å². The number of carboxylic acid groups (broad SMARTS) is 1.